The maximum Gasteiger partial charge on any atom is 0.433 e. The molecule has 0 radical (unpaired) electrons. The summed E-state index contributed by atoms with van der Waals surface area (Å²) in [5, 5.41) is 1.96. The Labute approximate surface area is 189 Å². The average molecular weight is 523 g/mol. The molecule has 35 heavy (non-hydrogen) atoms. The van der Waals surface area contributed by atoms with Gasteiger partial charge in [0.15, 0.2) is 13.2 Å². The summed E-state index contributed by atoms with van der Waals surface area (Å²) in [6.45, 7) is -4.30. The molecule has 0 saturated carbocycles. The van der Waals surface area contributed by atoms with Gasteiger partial charge in [0.25, 0.3) is 0 Å². The Morgan fingerprint density at radius 2 is 1.49 bits per heavy atom. The fraction of sp³-hybridized carbons (Fsp3) is 0.412. The molecule has 0 bridgehead atoms. The van der Waals surface area contributed by atoms with E-state index in [9.17, 15) is 44.3 Å². The third-order valence-corrected chi connectivity index (χ3v) is 3.52. The molecule has 2 rings (SSSR count). The Kier molecular flexibility index (Phi) is 8.53. The Bertz CT molecular complexity index is 961. The number of nitrogens with zero attached hydrogens (tertiary/aromatic N) is 4. The second-order valence-electron chi connectivity index (χ2n) is 6.35. The molecule has 2 heterocycles. The highest BCUT2D eigenvalue weighted by Gasteiger charge is 2.33. The van der Waals surface area contributed by atoms with Gasteiger partial charge in [-0.3, -0.25) is 10.2 Å². The van der Waals surface area contributed by atoms with Crippen LogP contribution in [-0.4, -0.2) is 60.4 Å². The van der Waals surface area contributed by atoms with Crippen molar-refractivity contribution < 1.29 is 58.5 Å². The van der Waals surface area contributed by atoms with E-state index in [-0.39, 0.29) is 5.69 Å². The van der Waals surface area contributed by atoms with Crippen LogP contribution in [0.5, 0.6) is 11.8 Å². The summed E-state index contributed by atoms with van der Waals surface area (Å²) in [6.07, 6.45) is -13.7. The van der Waals surface area contributed by atoms with Gasteiger partial charge in [-0.25, -0.2) is 9.78 Å². The molecule has 0 spiro atoms. The van der Waals surface area contributed by atoms with E-state index in [2.05, 4.69) is 24.4 Å². The quantitative estimate of drug-likeness (QED) is 0.404. The van der Waals surface area contributed by atoms with Gasteiger partial charge in [-0.2, -0.15) is 49.5 Å². The minimum absolute atomic E-state index is 0.213. The van der Waals surface area contributed by atoms with Crippen LogP contribution in [0.1, 0.15) is 5.69 Å². The molecule has 0 unspecified atom stereocenters. The molecule has 0 aliphatic heterocycles. The van der Waals surface area contributed by atoms with Gasteiger partial charge in [0.05, 0.1) is 18.0 Å². The summed E-state index contributed by atoms with van der Waals surface area (Å²) in [7, 11) is 1.13. The molecule has 194 valence electrons. The van der Waals surface area contributed by atoms with Crippen molar-refractivity contribution in [2.45, 2.75) is 18.5 Å². The number of aromatic nitrogens is 3. The van der Waals surface area contributed by atoms with Gasteiger partial charge in [0.1, 0.15) is 12.4 Å². The molecule has 1 N–H and O–H groups in total. The molecule has 2 aromatic rings. The van der Waals surface area contributed by atoms with Crippen LogP contribution in [0.25, 0.3) is 0 Å². The number of hydrogen-bond acceptors (Lipinski definition) is 7. The highest BCUT2D eigenvalue weighted by Crippen LogP contribution is 2.29. The predicted molar refractivity (Wildman–Crippen MR) is 97.7 cm³/mol. The molecule has 0 fully saturated rings. The van der Waals surface area contributed by atoms with E-state index >= 15 is 0 Å². The molecule has 0 saturated heterocycles. The van der Waals surface area contributed by atoms with E-state index in [1.54, 1.807) is 0 Å². The van der Waals surface area contributed by atoms with Crippen molar-refractivity contribution in [2.24, 2.45) is 0 Å². The van der Waals surface area contributed by atoms with Crippen LogP contribution in [0.4, 0.5) is 55.9 Å². The SMILES string of the molecule is COCN(C(=O)Nc1nc(OCC(F)(F)F)cc(OCC(F)(F)F)n1)c1ccc(C(F)(F)F)nc1. The first-order valence-electron chi connectivity index (χ1n) is 8.96. The molecular formula is C17H14F9N5O4. The van der Waals surface area contributed by atoms with Crippen molar-refractivity contribution in [3.8, 4) is 11.8 Å². The summed E-state index contributed by atoms with van der Waals surface area (Å²) < 4.78 is 126. The number of methoxy groups -OCH3 is 1. The lowest BCUT2D eigenvalue weighted by atomic mass is 10.3. The first-order chi connectivity index (χ1) is 16.1. The fourth-order valence-corrected chi connectivity index (χ4v) is 2.18. The van der Waals surface area contributed by atoms with Gasteiger partial charge < -0.3 is 14.2 Å². The minimum Gasteiger partial charge on any atom is -0.468 e. The van der Waals surface area contributed by atoms with Crippen molar-refractivity contribution in [3.63, 3.8) is 0 Å². The zero-order valence-electron chi connectivity index (χ0n) is 17.3. The molecule has 2 amide bonds. The molecule has 2 aromatic heterocycles. The molecule has 0 aliphatic rings. The van der Waals surface area contributed by atoms with Crippen LogP contribution in [-0.2, 0) is 10.9 Å². The number of pyridine rings is 1. The van der Waals surface area contributed by atoms with Crippen molar-refractivity contribution >= 4 is 17.7 Å². The molecule has 18 heteroatoms. The van der Waals surface area contributed by atoms with Crippen LogP contribution in [0.2, 0.25) is 0 Å². The van der Waals surface area contributed by atoms with Gasteiger partial charge in [0.2, 0.25) is 17.7 Å². The van der Waals surface area contributed by atoms with Crippen LogP contribution >= 0.6 is 0 Å². The highest BCUT2D eigenvalue weighted by atomic mass is 19.4. The number of nitrogens with one attached hydrogen (secondary N) is 1. The predicted octanol–water partition coefficient (Wildman–Crippen LogP) is 4.42. The van der Waals surface area contributed by atoms with E-state index in [4.69, 9.17) is 4.74 Å². The number of alkyl halides is 9. The highest BCUT2D eigenvalue weighted by molar-refractivity contribution is 6.00. The molecule has 9 nitrogen and oxygen atoms in total. The van der Waals surface area contributed by atoms with Gasteiger partial charge in [0, 0.05) is 7.11 Å². The molecule has 0 atom stereocenters. The number of urea groups is 1. The minimum atomic E-state index is -4.83. The second kappa shape index (κ2) is 10.8. The monoisotopic (exact) mass is 523 g/mol. The lowest BCUT2D eigenvalue weighted by Gasteiger charge is -2.22. The van der Waals surface area contributed by atoms with Crippen LogP contribution < -0.4 is 19.7 Å². The topological polar surface area (TPSA) is 98.7 Å². The number of hydrogen-bond donors (Lipinski definition) is 1. The van der Waals surface area contributed by atoms with Crippen molar-refractivity contribution in [1.29, 1.82) is 0 Å². The van der Waals surface area contributed by atoms with Crippen molar-refractivity contribution in [1.82, 2.24) is 15.0 Å². The summed E-state index contributed by atoms with van der Waals surface area (Å²) >= 11 is 0. The lowest BCUT2D eigenvalue weighted by Crippen LogP contribution is -2.37. The number of carbonyl (C=O) groups excluding carboxylic acids is 1. The zero-order chi connectivity index (χ0) is 26.4. The van der Waals surface area contributed by atoms with Crippen LogP contribution in [0.3, 0.4) is 0 Å². The van der Waals surface area contributed by atoms with Crippen LogP contribution in [0.15, 0.2) is 24.4 Å². The number of halogens is 9. The van der Waals surface area contributed by atoms with Gasteiger partial charge in [-0.15, -0.1) is 0 Å². The normalized spacial score (nSPS) is 12.3. The maximum absolute atomic E-state index is 12.7. The standard InChI is InChI=1S/C17H14F9N5O4/c1-33-8-31(9-2-3-10(27-5-9)17(24,25)26)14(32)30-13-28-11(34-6-15(18,19)20)4-12(29-13)35-7-16(21,22)23/h2-5H,6-8H2,1H3,(H,28,29,30,32). The maximum atomic E-state index is 12.7. The average Bonchev–Trinajstić information content (AvgIpc) is 2.73. The van der Waals surface area contributed by atoms with E-state index in [0.717, 1.165) is 13.2 Å². The Morgan fingerprint density at radius 3 is 1.89 bits per heavy atom. The third kappa shape index (κ3) is 9.30. The summed E-state index contributed by atoms with van der Waals surface area (Å²) in [5.74, 6) is -2.62. The summed E-state index contributed by atoms with van der Waals surface area (Å²) in [6, 6.07) is 0.773. The first-order valence-corrected chi connectivity index (χ1v) is 8.96. The van der Waals surface area contributed by atoms with E-state index in [1.807, 2.05) is 5.32 Å². The van der Waals surface area contributed by atoms with E-state index in [0.29, 0.717) is 23.2 Å². The van der Waals surface area contributed by atoms with Gasteiger partial charge in [-0.1, -0.05) is 0 Å². The molecule has 0 aliphatic carbocycles. The molecule has 0 aromatic carbocycles. The van der Waals surface area contributed by atoms with Crippen molar-refractivity contribution in [2.75, 3.05) is 37.3 Å². The summed E-state index contributed by atoms with van der Waals surface area (Å²) in [4.78, 5) is 23.4. The first kappa shape index (κ1) is 27.7. The second-order valence-corrected chi connectivity index (χ2v) is 6.35. The van der Waals surface area contributed by atoms with Crippen molar-refractivity contribution in [3.05, 3.63) is 30.1 Å². The van der Waals surface area contributed by atoms with Crippen LogP contribution in [0, 0.1) is 0 Å². The number of carbonyl (C=O) groups is 1. The van der Waals surface area contributed by atoms with E-state index in [1.165, 1.54) is 0 Å². The fourth-order valence-electron chi connectivity index (χ4n) is 2.18. The Balaban J connectivity index is 2.29. The van der Waals surface area contributed by atoms with E-state index < -0.39 is 67.9 Å². The number of anilines is 2. The third-order valence-electron chi connectivity index (χ3n) is 3.52. The molecular weight excluding hydrogens is 509 g/mol. The zero-order valence-corrected chi connectivity index (χ0v) is 17.3. The Morgan fingerprint density at radius 1 is 0.943 bits per heavy atom. The Hall–Kier alpha value is -3.57. The number of amides is 2. The van der Waals surface area contributed by atoms with Gasteiger partial charge >= 0.3 is 24.6 Å². The largest absolute Gasteiger partial charge is 0.468 e. The summed E-state index contributed by atoms with van der Waals surface area (Å²) in [5.41, 5.74) is -1.47. The number of ether oxygens (including phenoxy) is 3. The van der Waals surface area contributed by atoms with Gasteiger partial charge in [-0.05, 0) is 12.1 Å². The smallest absolute Gasteiger partial charge is 0.433 e. The number of rotatable bonds is 8. The lowest BCUT2D eigenvalue weighted by molar-refractivity contribution is -0.154.